The minimum absolute atomic E-state index is 0. The summed E-state index contributed by atoms with van der Waals surface area (Å²) in [5.74, 6) is -2.07. The van der Waals surface area contributed by atoms with Crippen LogP contribution in [0.2, 0.25) is 0 Å². The molecule has 0 saturated carbocycles. The second-order valence-corrected chi connectivity index (χ2v) is 9.00. The molecule has 23 heteroatoms. The number of carboxylic acids is 1. The molecule has 0 aromatic rings. The number of aliphatic carboxylic acids is 1. The van der Waals surface area contributed by atoms with Crippen LogP contribution < -0.4 is 98.5 Å². The van der Waals surface area contributed by atoms with Gasteiger partial charge in [-0.05, 0) is 0 Å². The van der Waals surface area contributed by atoms with E-state index in [1.54, 1.807) is 0 Å². The minimum Gasteiger partial charge on any atom is -0.735 e. The Labute approximate surface area is 271 Å². The first-order valence-electron chi connectivity index (χ1n) is 8.82. The summed E-state index contributed by atoms with van der Waals surface area (Å²) in [6, 6.07) is -2.12. The molecule has 2 aliphatic rings. The van der Waals surface area contributed by atoms with Crippen molar-refractivity contribution >= 4 is 26.7 Å². The molecule has 2 rings (SSSR count). The fraction of sp³-hybridized carbons (Fsp3) is 0.923. The molecule has 10 atom stereocenters. The molecule has 36 heavy (non-hydrogen) atoms. The van der Waals surface area contributed by atoms with Crippen LogP contribution >= 0.6 is 0 Å². The van der Waals surface area contributed by atoms with Gasteiger partial charge in [-0.15, -0.1) is 0 Å². The quantitative estimate of drug-likeness (QED) is 0.0939. The zero-order valence-corrected chi connectivity index (χ0v) is 27.0. The van der Waals surface area contributed by atoms with Crippen molar-refractivity contribution in [2.75, 3.05) is 13.7 Å². The van der Waals surface area contributed by atoms with Crippen LogP contribution in [0.4, 0.5) is 0 Å². The normalized spacial score (nSPS) is 37.1. The molecular formula is C13H20NNa3O17S2. The number of hydrogen-bond donors (Lipinski definition) is 5. The summed E-state index contributed by atoms with van der Waals surface area (Å²) in [7, 11) is -9.99. The fourth-order valence-electron chi connectivity index (χ4n) is 3.24. The molecule has 0 aromatic heterocycles. The van der Waals surface area contributed by atoms with Crippen molar-refractivity contribution < 1.29 is 168 Å². The number of carbonyl (C=O) groups excluding carboxylic acids is 1. The molecule has 0 unspecified atom stereocenters. The first kappa shape index (κ1) is 40.0. The van der Waals surface area contributed by atoms with Gasteiger partial charge in [0, 0.05) is 7.11 Å². The van der Waals surface area contributed by atoms with Gasteiger partial charge in [0.2, 0.25) is 10.4 Å². The van der Waals surface area contributed by atoms with Gasteiger partial charge in [0.25, 0.3) is 0 Å². The van der Waals surface area contributed by atoms with E-state index < -0.39 is 94.6 Å². The number of nitrogens with one attached hydrogen (secondary N) is 1. The number of ether oxygens (including phenoxy) is 4. The van der Waals surface area contributed by atoms with Crippen molar-refractivity contribution in [3.8, 4) is 0 Å². The zero-order chi connectivity index (χ0) is 25.3. The Hall–Kier alpha value is 1.89. The van der Waals surface area contributed by atoms with E-state index in [1.165, 1.54) is 4.72 Å². The average Bonchev–Trinajstić information content (AvgIpc) is 2.68. The Bertz CT molecular complexity index is 909. The van der Waals surface area contributed by atoms with Crippen LogP contribution in [0.15, 0.2) is 0 Å². The molecule has 0 aliphatic carbocycles. The molecule has 18 nitrogen and oxygen atoms in total. The molecule has 0 radical (unpaired) electrons. The summed E-state index contributed by atoms with van der Waals surface area (Å²) in [6.07, 6.45) is -19.0. The standard InChI is InChI=1S/C13H23NO17S2.3Na/c1-27-13-9(31-33(24,25)26)7(18)8(10(30-13)11(19)20)29-12-4(14-32(21,22)23)6(17)5(16)3(2-15)28-12;;;/h3-10,12-18H,2H2,1H3,(H,19,20)(H,21,22,23)(H,24,25,26);;;/q;3*+1/p-3/t3-,4-,5-,6-,7+,8+,9-,10-,12-,13-;;;/m1.../s1. The van der Waals surface area contributed by atoms with Gasteiger partial charge in [0.05, 0.1) is 12.6 Å². The van der Waals surface area contributed by atoms with Crippen LogP contribution in [-0.4, -0.2) is 127 Å². The van der Waals surface area contributed by atoms with Crippen LogP contribution in [0.5, 0.6) is 0 Å². The van der Waals surface area contributed by atoms with E-state index in [2.05, 4.69) is 8.92 Å². The Balaban J connectivity index is 0. The predicted octanol–water partition coefficient (Wildman–Crippen LogP) is -16.4. The number of aliphatic hydroxyl groups is 4. The largest absolute Gasteiger partial charge is 1.00 e. The van der Waals surface area contributed by atoms with E-state index in [0.717, 1.165) is 7.11 Å². The molecule has 0 aromatic carbocycles. The zero-order valence-electron chi connectivity index (χ0n) is 19.4. The maximum absolute atomic E-state index is 11.5. The van der Waals surface area contributed by atoms with Gasteiger partial charge < -0.3 is 58.4 Å². The number of carbonyl (C=O) groups is 1. The summed E-state index contributed by atoms with van der Waals surface area (Å²) < 4.78 is 91.6. The summed E-state index contributed by atoms with van der Waals surface area (Å²) in [5, 5.41) is 51.3. The van der Waals surface area contributed by atoms with Crippen molar-refractivity contribution in [2.45, 2.75) is 61.3 Å². The fourth-order valence-corrected chi connectivity index (χ4v) is 4.30. The Morgan fingerprint density at radius 1 is 0.944 bits per heavy atom. The Morgan fingerprint density at radius 2 is 1.50 bits per heavy atom. The second-order valence-electron chi connectivity index (χ2n) is 6.84. The van der Waals surface area contributed by atoms with Crippen LogP contribution in [-0.2, 0) is 48.6 Å². The second kappa shape index (κ2) is 16.4. The molecule has 0 amide bonds. The van der Waals surface area contributed by atoms with E-state index in [4.69, 9.17) is 14.2 Å². The molecule has 5 N–H and O–H groups in total. The van der Waals surface area contributed by atoms with E-state index in [-0.39, 0.29) is 88.7 Å². The first-order chi connectivity index (χ1) is 15.1. The molecule has 2 aliphatic heterocycles. The molecular weight excluding hydrogens is 575 g/mol. The SMILES string of the molecule is CO[C@@H]1O[C@@H](C(=O)[O-])[C@@H](O[C@H]2O[C@H](CO)[C@@H](O)[C@H](O)[C@H]2NS(=O)(=O)[O-])[C@H](O)[C@H]1OS(=O)(=O)[O-].[Na+].[Na+].[Na+]. The minimum atomic E-state index is -5.52. The maximum Gasteiger partial charge on any atom is 1.00 e. The summed E-state index contributed by atoms with van der Waals surface area (Å²) >= 11 is 0. The third-order valence-electron chi connectivity index (χ3n) is 4.67. The average molecular weight is 595 g/mol. The third-order valence-corrected chi connectivity index (χ3v) is 5.69. The summed E-state index contributed by atoms with van der Waals surface area (Å²) in [6.45, 7) is -0.978. The Kier molecular flexibility index (Phi) is 18.2. The van der Waals surface area contributed by atoms with Crippen molar-refractivity contribution in [1.29, 1.82) is 0 Å². The van der Waals surface area contributed by atoms with Crippen LogP contribution in [0.1, 0.15) is 0 Å². The van der Waals surface area contributed by atoms with Gasteiger partial charge in [-0.1, -0.05) is 0 Å². The van der Waals surface area contributed by atoms with E-state index in [1.807, 2.05) is 0 Å². The van der Waals surface area contributed by atoms with Gasteiger partial charge in [0.1, 0.15) is 42.7 Å². The summed E-state index contributed by atoms with van der Waals surface area (Å²) in [4.78, 5) is 11.5. The van der Waals surface area contributed by atoms with Gasteiger partial charge in [-0.25, -0.2) is 21.6 Å². The number of hydrogen-bond acceptors (Lipinski definition) is 17. The van der Waals surface area contributed by atoms with Crippen molar-refractivity contribution in [3.05, 3.63) is 0 Å². The van der Waals surface area contributed by atoms with Crippen molar-refractivity contribution in [1.82, 2.24) is 4.72 Å². The smallest absolute Gasteiger partial charge is 0.735 e. The topological polar surface area (TPSA) is 294 Å². The Morgan fingerprint density at radius 3 is 1.92 bits per heavy atom. The third kappa shape index (κ3) is 10.7. The first-order valence-corrected chi connectivity index (χ1v) is 11.6. The summed E-state index contributed by atoms with van der Waals surface area (Å²) in [5.41, 5.74) is 0. The van der Waals surface area contributed by atoms with Crippen molar-refractivity contribution in [2.24, 2.45) is 0 Å². The number of rotatable bonds is 9. The van der Waals surface area contributed by atoms with Gasteiger partial charge >= 0.3 is 88.7 Å². The van der Waals surface area contributed by atoms with Gasteiger partial charge in [-0.3, -0.25) is 4.18 Å². The molecule has 0 spiro atoms. The molecule has 2 heterocycles. The van der Waals surface area contributed by atoms with E-state index in [0.29, 0.717) is 0 Å². The van der Waals surface area contributed by atoms with Crippen molar-refractivity contribution in [3.63, 3.8) is 0 Å². The van der Waals surface area contributed by atoms with E-state index >= 15 is 0 Å². The van der Waals surface area contributed by atoms with Gasteiger partial charge in [0.15, 0.2) is 29.0 Å². The number of carboxylic acid groups (broad SMARTS) is 1. The number of aliphatic hydroxyl groups excluding tert-OH is 4. The van der Waals surface area contributed by atoms with E-state index in [9.17, 15) is 56.3 Å². The van der Waals surface area contributed by atoms with Crippen LogP contribution in [0.25, 0.3) is 0 Å². The molecule has 2 fully saturated rings. The monoisotopic (exact) mass is 595 g/mol. The van der Waals surface area contributed by atoms with Crippen LogP contribution in [0, 0.1) is 0 Å². The van der Waals surface area contributed by atoms with Crippen LogP contribution in [0.3, 0.4) is 0 Å². The maximum atomic E-state index is 11.5. The predicted molar refractivity (Wildman–Crippen MR) is 90.5 cm³/mol. The molecule has 2 saturated heterocycles. The number of methoxy groups -OCH3 is 1. The molecule has 0 bridgehead atoms. The molecule has 194 valence electrons. The van der Waals surface area contributed by atoms with Gasteiger partial charge in [-0.2, -0.15) is 0 Å².